The monoisotopic (exact) mass is 221 g/mol. The summed E-state index contributed by atoms with van der Waals surface area (Å²) in [4.78, 5) is 0. The Morgan fingerprint density at radius 2 is 2.31 bits per heavy atom. The van der Waals surface area contributed by atoms with E-state index in [2.05, 4.69) is 25.2 Å². The minimum atomic E-state index is 0.296. The molecule has 0 aromatic heterocycles. The maximum atomic E-state index is 5.73. The molecule has 3 heteroatoms. The molecular formula is C13H19NO2. The second kappa shape index (κ2) is 5.32. The Hall–Kier alpha value is -1.06. The van der Waals surface area contributed by atoms with Crippen LogP contribution in [0.2, 0.25) is 0 Å². The van der Waals surface area contributed by atoms with Crippen molar-refractivity contribution in [1.82, 2.24) is 5.32 Å². The van der Waals surface area contributed by atoms with Gasteiger partial charge in [-0.15, -0.1) is 0 Å². The summed E-state index contributed by atoms with van der Waals surface area (Å²) in [7, 11) is 0. The first-order valence-corrected chi connectivity index (χ1v) is 5.77. The highest BCUT2D eigenvalue weighted by Gasteiger charge is 2.18. The first-order chi connectivity index (χ1) is 7.74. The molecule has 1 heterocycles. The molecule has 88 valence electrons. The molecule has 2 atom stereocenters. The van der Waals surface area contributed by atoms with Gasteiger partial charge in [-0.25, -0.2) is 0 Å². The van der Waals surface area contributed by atoms with Crippen LogP contribution in [0.3, 0.4) is 0 Å². The normalized spacial score (nSPS) is 25.4. The fraction of sp³-hybridized carbons (Fsp3) is 0.538. The van der Waals surface area contributed by atoms with Crippen LogP contribution < -0.4 is 10.1 Å². The number of aryl methyl sites for hydroxylation is 1. The molecule has 0 amide bonds. The molecule has 2 unspecified atom stereocenters. The van der Waals surface area contributed by atoms with Crippen molar-refractivity contribution in [2.45, 2.75) is 25.9 Å². The summed E-state index contributed by atoms with van der Waals surface area (Å²) in [6, 6.07) is 8.83. The summed E-state index contributed by atoms with van der Waals surface area (Å²) in [5, 5.41) is 3.45. The summed E-state index contributed by atoms with van der Waals surface area (Å²) in [6.45, 7) is 6.38. The molecule has 1 aromatic carbocycles. The molecule has 1 fully saturated rings. The highest BCUT2D eigenvalue weighted by atomic mass is 16.5. The van der Waals surface area contributed by atoms with Gasteiger partial charge in [0.25, 0.3) is 0 Å². The van der Waals surface area contributed by atoms with Gasteiger partial charge >= 0.3 is 0 Å². The van der Waals surface area contributed by atoms with Gasteiger partial charge in [-0.1, -0.05) is 12.1 Å². The predicted octanol–water partition coefficient (Wildman–Crippen LogP) is 1.75. The van der Waals surface area contributed by atoms with Crippen LogP contribution in [-0.4, -0.2) is 31.9 Å². The molecule has 16 heavy (non-hydrogen) atoms. The van der Waals surface area contributed by atoms with Crippen molar-refractivity contribution >= 4 is 0 Å². The molecule has 1 aliphatic heterocycles. The van der Waals surface area contributed by atoms with Crippen LogP contribution >= 0.6 is 0 Å². The zero-order valence-corrected chi connectivity index (χ0v) is 9.90. The molecule has 3 nitrogen and oxygen atoms in total. The lowest BCUT2D eigenvalue weighted by atomic mass is 10.2. The van der Waals surface area contributed by atoms with Crippen LogP contribution in [0.5, 0.6) is 5.75 Å². The molecule has 0 aliphatic carbocycles. The van der Waals surface area contributed by atoms with Crippen molar-refractivity contribution in [3.05, 3.63) is 29.8 Å². The largest absolute Gasteiger partial charge is 0.492 e. The highest BCUT2D eigenvalue weighted by Crippen LogP contribution is 2.13. The summed E-state index contributed by atoms with van der Waals surface area (Å²) in [6.07, 6.45) is 0. The first-order valence-electron chi connectivity index (χ1n) is 5.77. The van der Waals surface area contributed by atoms with Gasteiger partial charge in [0.05, 0.1) is 19.3 Å². The van der Waals surface area contributed by atoms with Crippen molar-refractivity contribution < 1.29 is 9.47 Å². The Labute approximate surface area is 96.8 Å². The molecule has 1 aliphatic rings. The number of rotatable bonds is 3. The van der Waals surface area contributed by atoms with E-state index < -0.39 is 0 Å². The average Bonchev–Trinajstić information content (AvgIpc) is 2.27. The predicted molar refractivity (Wildman–Crippen MR) is 63.9 cm³/mol. The number of morpholine rings is 1. The quantitative estimate of drug-likeness (QED) is 0.843. The Morgan fingerprint density at radius 1 is 1.44 bits per heavy atom. The van der Waals surface area contributed by atoms with Gasteiger partial charge in [0.15, 0.2) is 0 Å². The minimum absolute atomic E-state index is 0.296. The van der Waals surface area contributed by atoms with Crippen molar-refractivity contribution in [1.29, 1.82) is 0 Å². The summed E-state index contributed by atoms with van der Waals surface area (Å²) >= 11 is 0. The smallest absolute Gasteiger partial charge is 0.119 e. The average molecular weight is 221 g/mol. The summed E-state index contributed by atoms with van der Waals surface area (Å²) < 4.78 is 11.2. The molecule has 0 bridgehead atoms. The Balaban J connectivity index is 1.82. The van der Waals surface area contributed by atoms with Gasteiger partial charge in [0.2, 0.25) is 0 Å². The van der Waals surface area contributed by atoms with Gasteiger partial charge in [-0.05, 0) is 31.5 Å². The maximum absolute atomic E-state index is 5.73. The molecular weight excluding hydrogens is 202 g/mol. The number of nitrogens with one attached hydrogen (secondary N) is 1. The van der Waals surface area contributed by atoms with E-state index in [0.29, 0.717) is 18.7 Å². The van der Waals surface area contributed by atoms with E-state index in [-0.39, 0.29) is 0 Å². The van der Waals surface area contributed by atoms with E-state index in [1.807, 2.05) is 18.2 Å². The third-order valence-electron chi connectivity index (χ3n) is 2.65. The molecule has 0 saturated carbocycles. The number of ether oxygens (including phenoxy) is 2. The summed E-state index contributed by atoms with van der Waals surface area (Å²) in [5.74, 6) is 0.931. The van der Waals surface area contributed by atoms with Crippen LogP contribution in [0.4, 0.5) is 0 Å². The fourth-order valence-electron chi connectivity index (χ4n) is 1.88. The first kappa shape index (κ1) is 11.4. The maximum Gasteiger partial charge on any atom is 0.119 e. The number of hydrogen-bond donors (Lipinski definition) is 1. The van der Waals surface area contributed by atoms with Gasteiger partial charge in [-0.2, -0.15) is 0 Å². The van der Waals surface area contributed by atoms with Crippen LogP contribution in [0.25, 0.3) is 0 Å². The Bertz CT molecular complexity index is 340. The molecule has 1 aromatic rings. The SMILES string of the molecule is Cc1cccc(OCC2COCC(C)N2)c1. The molecule has 1 saturated heterocycles. The van der Waals surface area contributed by atoms with Crippen molar-refractivity contribution in [3.63, 3.8) is 0 Å². The van der Waals surface area contributed by atoms with Crippen molar-refractivity contribution in [2.75, 3.05) is 19.8 Å². The standard InChI is InChI=1S/C13H19NO2/c1-10-4-3-5-13(6-10)16-9-12-8-15-7-11(2)14-12/h3-6,11-12,14H,7-9H2,1-2H3. The molecule has 2 rings (SSSR count). The second-order valence-corrected chi connectivity index (χ2v) is 4.43. The Morgan fingerprint density at radius 3 is 3.06 bits per heavy atom. The molecule has 0 radical (unpaired) electrons. The van der Waals surface area contributed by atoms with E-state index in [0.717, 1.165) is 19.0 Å². The van der Waals surface area contributed by atoms with E-state index in [1.165, 1.54) is 5.56 Å². The topological polar surface area (TPSA) is 30.5 Å². The van der Waals surface area contributed by atoms with Gasteiger partial charge in [0, 0.05) is 6.04 Å². The zero-order chi connectivity index (χ0) is 11.4. The van der Waals surface area contributed by atoms with E-state index in [4.69, 9.17) is 9.47 Å². The minimum Gasteiger partial charge on any atom is -0.492 e. The van der Waals surface area contributed by atoms with E-state index in [1.54, 1.807) is 0 Å². The van der Waals surface area contributed by atoms with E-state index in [9.17, 15) is 0 Å². The summed E-state index contributed by atoms with van der Waals surface area (Å²) in [5.41, 5.74) is 1.22. The lowest BCUT2D eigenvalue weighted by molar-refractivity contribution is 0.0353. The van der Waals surface area contributed by atoms with Gasteiger partial charge in [-0.3, -0.25) is 0 Å². The zero-order valence-electron chi connectivity index (χ0n) is 9.90. The van der Waals surface area contributed by atoms with Crippen LogP contribution in [0.15, 0.2) is 24.3 Å². The Kier molecular flexibility index (Phi) is 3.80. The number of benzene rings is 1. The third kappa shape index (κ3) is 3.22. The highest BCUT2D eigenvalue weighted by molar-refractivity contribution is 5.27. The lowest BCUT2D eigenvalue weighted by Crippen LogP contribution is -2.50. The van der Waals surface area contributed by atoms with Crippen molar-refractivity contribution in [3.8, 4) is 5.75 Å². The molecule has 0 spiro atoms. The van der Waals surface area contributed by atoms with Crippen LogP contribution in [0.1, 0.15) is 12.5 Å². The molecule has 1 N–H and O–H groups in total. The van der Waals surface area contributed by atoms with Gasteiger partial charge in [0.1, 0.15) is 12.4 Å². The number of hydrogen-bond acceptors (Lipinski definition) is 3. The third-order valence-corrected chi connectivity index (χ3v) is 2.65. The fourth-order valence-corrected chi connectivity index (χ4v) is 1.88. The van der Waals surface area contributed by atoms with Crippen LogP contribution in [-0.2, 0) is 4.74 Å². The lowest BCUT2D eigenvalue weighted by Gasteiger charge is -2.28. The van der Waals surface area contributed by atoms with Gasteiger partial charge < -0.3 is 14.8 Å². The van der Waals surface area contributed by atoms with Crippen LogP contribution in [0, 0.1) is 6.92 Å². The second-order valence-electron chi connectivity index (χ2n) is 4.43. The van der Waals surface area contributed by atoms with Crippen molar-refractivity contribution in [2.24, 2.45) is 0 Å². The van der Waals surface area contributed by atoms with E-state index >= 15 is 0 Å².